The van der Waals surface area contributed by atoms with Gasteiger partial charge in [0.1, 0.15) is 23.5 Å². The van der Waals surface area contributed by atoms with E-state index in [1.807, 2.05) is 13.8 Å². The third-order valence-corrected chi connectivity index (χ3v) is 7.09. The van der Waals surface area contributed by atoms with Crippen LogP contribution < -0.4 is 26.4 Å². The number of benzene rings is 1. The quantitative estimate of drug-likeness (QED) is 0.326. The van der Waals surface area contributed by atoms with Crippen molar-refractivity contribution < 1.29 is 23.9 Å². The van der Waals surface area contributed by atoms with E-state index in [1.165, 1.54) is 7.11 Å². The SMILES string of the molecule is COc1cc(Cl)c2[nH]c(C(=O)NC(CC3CC3)C(=O)NC(C[C@@H]3CC(C)(C)NC3=O)C(N)=O)cc2c1. The normalized spacial score (nSPS) is 20.4. The number of aromatic amines is 1. The Morgan fingerprint density at radius 3 is 2.47 bits per heavy atom. The number of hydrogen-bond acceptors (Lipinski definition) is 5. The number of nitrogens with two attached hydrogens (primary N) is 1. The zero-order valence-corrected chi connectivity index (χ0v) is 21.3. The fourth-order valence-electron chi connectivity index (χ4n) is 4.76. The van der Waals surface area contributed by atoms with Crippen LogP contribution in [0.3, 0.4) is 0 Å². The van der Waals surface area contributed by atoms with Gasteiger partial charge in [0.05, 0.1) is 17.6 Å². The summed E-state index contributed by atoms with van der Waals surface area (Å²) < 4.78 is 5.23. The van der Waals surface area contributed by atoms with E-state index >= 15 is 0 Å². The van der Waals surface area contributed by atoms with E-state index in [2.05, 4.69) is 20.9 Å². The maximum absolute atomic E-state index is 13.2. The van der Waals surface area contributed by atoms with Gasteiger partial charge in [-0.05, 0) is 51.2 Å². The first kappa shape index (κ1) is 25.8. The fourth-order valence-corrected chi connectivity index (χ4v) is 5.02. The van der Waals surface area contributed by atoms with Crippen molar-refractivity contribution >= 4 is 46.1 Å². The van der Waals surface area contributed by atoms with Gasteiger partial charge in [-0.15, -0.1) is 0 Å². The lowest BCUT2D eigenvalue weighted by atomic mass is 9.91. The summed E-state index contributed by atoms with van der Waals surface area (Å²) in [6, 6.07) is 3.14. The summed E-state index contributed by atoms with van der Waals surface area (Å²) in [5.41, 5.74) is 6.00. The molecule has 1 aliphatic heterocycles. The molecule has 1 saturated carbocycles. The molecular formula is C25H32ClN5O5. The van der Waals surface area contributed by atoms with Crippen LogP contribution in [0.15, 0.2) is 18.2 Å². The predicted molar refractivity (Wildman–Crippen MR) is 135 cm³/mol. The van der Waals surface area contributed by atoms with E-state index < -0.39 is 35.7 Å². The standard InChI is InChI=1S/C25H32ClN5O5/c1-25(2)11-14(22(33)31-25)9-17(21(27)32)29-23(34)18(6-12-4-5-12)30-24(35)19-8-13-7-15(36-3)10-16(26)20(13)28-19/h7-8,10,12,14,17-18,28H,4-6,9,11H2,1-3H3,(H2,27,32)(H,29,34)(H,30,35)(H,31,33)/t14-,17?,18?/m1/s1. The van der Waals surface area contributed by atoms with Crippen LogP contribution in [0.25, 0.3) is 10.9 Å². The van der Waals surface area contributed by atoms with E-state index in [1.54, 1.807) is 18.2 Å². The number of halogens is 1. The zero-order chi connectivity index (χ0) is 26.2. The molecule has 1 aromatic heterocycles. The maximum Gasteiger partial charge on any atom is 0.268 e. The van der Waals surface area contributed by atoms with Crippen LogP contribution in [-0.2, 0) is 14.4 Å². The largest absolute Gasteiger partial charge is 0.497 e. The predicted octanol–water partition coefficient (Wildman–Crippen LogP) is 2.00. The third kappa shape index (κ3) is 5.92. The molecule has 194 valence electrons. The van der Waals surface area contributed by atoms with Crippen LogP contribution in [0.5, 0.6) is 5.75 Å². The highest BCUT2D eigenvalue weighted by Gasteiger charge is 2.40. The second-order valence-electron chi connectivity index (χ2n) is 10.4. The van der Waals surface area contributed by atoms with Gasteiger partial charge in [-0.1, -0.05) is 24.4 Å². The van der Waals surface area contributed by atoms with Crippen molar-refractivity contribution in [2.24, 2.45) is 17.6 Å². The number of primary amides is 1. The van der Waals surface area contributed by atoms with Crippen molar-refractivity contribution in [3.05, 3.63) is 28.9 Å². The number of hydrogen-bond donors (Lipinski definition) is 5. The molecule has 11 heteroatoms. The van der Waals surface area contributed by atoms with Gasteiger partial charge < -0.3 is 31.4 Å². The van der Waals surface area contributed by atoms with Crippen molar-refractivity contribution in [1.29, 1.82) is 0 Å². The molecule has 6 N–H and O–H groups in total. The van der Waals surface area contributed by atoms with Crippen molar-refractivity contribution in [1.82, 2.24) is 20.9 Å². The molecule has 4 amide bonds. The molecule has 2 unspecified atom stereocenters. The number of carbonyl (C=O) groups excluding carboxylic acids is 4. The minimum Gasteiger partial charge on any atom is -0.497 e. The Balaban J connectivity index is 1.47. The highest BCUT2D eigenvalue weighted by molar-refractivity contribution is 6.35. The molecule has 0 bridgehead atoms. The highest BCUT2D eigenvalue weighted by Crippen LogP contribution is 2.34. The second-order valence-corrected chi connectivity index (χ2v) is 10.8. The average molecular weight is 518 g/mol. The molecule has 36 heavy (non-hydrogen) atoms. The Morgan fingerprint density at radius 2 is 1.89 bits per heavy atom. The van der Waals surface area contributed by atoms with Gasteiger partial charge in [0.15, 0.2) is 0 Å². The number of methoxy groups -OCH3 is 1. The molecule has 1 saturated heterocycles. The Kier molecular flexibility index (Phi) is 7.17. The molecule has 3 atom stereocenters. The van der Waals surface area contributed by atoms with Crippen LogP contribution in [-0.4, -0.2) is 53.3 Å². The molecule has 1 aromatic carbocycles. The monoisotopic (exact) mass is 517 g/mol. The van der Waals surface area contributed by atoms with Crippen LogP contribution in [0.2, 0.25) is 5.02 Å². The topological polar surface area (TPSA) is 155 Å². The van der Waals surface area contributed by atoms with E-state index in [0.717, 1.165) is 12.8 Å². The number of rotatable bonds is 10. The van der Waals surface area contributed by atoms with Crippen molar-refractivity contribution in [3.8, 4) is 5.75 Å². The number of fused-ring (bicyclic) bond motifs is 1. The number of nitrogens with one attached hydrogen (secondary N) is 4. The lowest BCUT2D eigenvalue weighted by Crippen LogP contribution is -2.53. The lowest BCUT2D eigenvalue weighted by molar-refractivity contribution is -0.130. The van der Waals surface area contributed by atoms with E-state index in [0.29, 0.717) is 40.4 Å². The Morgan fingerprint density at radius 1 is 1.17 bits per heavy atom. The maximum atomic E-state index is 13.2. The average Bonchev–Trinajstić information content (AvgIpc) is 3.43. The van der Waals surface area contributed by atoms with Crippen molar-refractivity contribution in [2.45, 2.75) is 63.6 Å². The molecule has 2 aromatic rings. The summed E-state index contributed by atoms with van der Waals surface area (Å²) in [4.78, 5) is 53.7. The number of amides is 4. The van der Waals surface area contributed by atoms with Gasteiger partial charge in [0, 0.05) is 22.9 Å². The van der Waals surface area contributed by atoms with Crippen molar-refractivity contribution in [2.75, 3.05) is 7.11 Å². The summed E-state index contributed by atoms with van der Waals surface area (Å²) in [5, 5.41) is 9.44. The zero-order valence-electron chi connectivity index (χ0n) is 20.6. The second kappa shape index (κ2) is 10.0. The molecule has 2 fully saturated rings. The van der Waals surface area contributed by atoms with Gasteiger partial charge in [0.25, 0.3) is 5.91 Å². The molecule has 0 radical (unpaired) electrons. The number of H-pyrrole nitrogens is 1. The summed E-state index contributed by atoms with van der Waals surface area (Å²) >= 11 is 6.30. The summed E-state index contributed by atoms with van der Waals surface area (Å²) in [6.45, 7) is 3.80. The highest BCUT2D eigenvalue weighted by atomic mass is 35.5. The van der Waals surface area contributed by atoms with Gasteiger partial charge in [0.2, 0.25) is 17.7 Å². The summed E-state index contributed by atoms with van der Waals surface area (Å²) in [5.74, 6) is -1.45. The minimum absolute atomic E-state index is 0.1000. The van der Waals surface area contributed by atoms with Gasteiger partial charge in [-0.2, -0.15) is 0 Å². The smallest absolute Gasteiger partial charge is 0.268 e. The number of ether oxygens (including phenoxy) is 1. The van der Waals surface area contributed by atoms with Gasteiger partial charge in [-0.25, -0.2) is 0 Å². The van der Waals surface area contributed by atoms with E-state index in [4.69, 9.17) is 22.1 Å². The Labute approximate surface area is 214 Å². The van der Waals surface area contributed by atoms with Gasteiger partial charge >= 0.3 is 0 Å². The molecule has 2 aliphatic rings. The van der Waals surface area contributed by atoms with E-state index in [-0.39, 0.29) is 23.6 Å². The number of carbonyl (C=O) groups is 4. The fraction of sp³-hybridized carbons (Fsp3) is 0.520. The third-order valence-electron chi connectivity index (χ3n) is 6.79. The van der Waals surface area contributed by atoms with E-state index in [9.17, 15) is 19.2 Å². The Bertz CT molecular complexity index is 1200. The first-order valence-electron chi connectivity index (χ1n) is 12.0. The van der Waals surface area contributed by atoms with Crippen molar-refractivity contribution in [3.63, 3.8) is 0 Å². The molecule has 1 aliphatic carbocycles. The molecule has 0 spiro atoms. The van der Waals surface area contributed by atoms with Crippen LogP contribution in [0.1, 0.15) is 56.4 Å². The Hall–Kier alpha value is -3.27. The number of aromatic nitrogens is 1. The first-order chi connectivity index (χ1) is 17.0. The summed E-state index contributed by atoms with van der Waals surface area (Å²) in [7, 11) is 1.53. The molecule has 4 rings (SSSR count). The molecule has 10 nitrogen and oxygen atoms in total. The first-order valence-corrected chi connectivity index (χ1v) is 12.4. The molecular weight excluding hydrogens is 486 g/mol. The minimum atomic E-state index is -1.03. The van der Waals surface area contributed by atoms with Crippen LogP contribution >= 0.6 is 11.6 Å². The van der Waals surface area contributed by atoms with Gasteiger partial charge in [-0.3, -0.25) is 19.2 Å². The molecule has 2 heterocycles. The lowest BCUT2D eigenvalue weighted by Gasteiger charge is -2.23. The van der Waals surface area contributed by atoms with Crippen LogP contribution in [0, 0.1) is 11.8 Å². The van der Waals surface area contributed by atoms with Crippen LogP contribution in [0.4, 0.5) is 0 Å². The summed E-state index contributed by atoms with van der Waals surface area (Å²) in [6.07, 6.45) is 3.01.